The molecule has 244 valence electrons. The summed E-state index contributed by atoms with van der Waals surface area (Å²) in [5.74, 6) is -2.95. The average Bonchev–Trinajstić information content (AvgIpc) is 3.41. The molecular weight excluding hydrogens is 608 g/mol. The summed E-state index contributed by atoms with van der Waals surface area (Å²) in [5, 5.41) is 5.75. The molecule has 5 heterocycles. The Balaban J connectivity index is 1.22. The van der Waals surface area contributed by atoms with E-state index in [1.54, 1.807) is 24.1 Å². The zero-order chi connectivity index (χ0) is 32.7. The average molecular weight is 644 g/mol. The van der Waals surface area contributed by atoms with Gasteiger partial charge in [-0.1, -0.05) is 24.3 Å². The third-order valence-electron chi connectivity index (χ3n) is 9.80. The molecule has 0 saturated carbocycles. The number of pyridine rings is 2. The Morgan fingerprint density at radius 2 is 1.85 bits per heavy atom. The number of ether oxygens (including phenoxy) is 2. The molecule has 3 aromatic rings. The highest BCUT2D eigenvalue weighted by molar-refractivity contribution is 5.98. The summed E-state index contributed by atoms with van der Waals surface area (Å²) in [6, 6.07) is 6.35. The van der Waals surface area contributed by atoms with E-state index in [1.165, 1.54) is 18.3 Å². The van der Waals surface area contributed by atoms with Crippen LogP contribution >= 0.6 is 0 Å². The van der Waals surface area contributed by atoms with Crippen LogP contribution in [-0.4, -0.2) is 77.6 Å². The molecule has 47 heavy (non-hydrogen) atoms. The van der Waals surface area contributed by atoms with Crippen molar-refractivity contribution in [1.29, 1.82) is 0 Å². The molecule has 1 saturated heterocycles. The van der Waals surface area contributed by atoms with Gasteiger partial charge in [-0.15, -0.1) is 0 Å². The Bertz CT molecular complexity index is 1780. The first-order chi connectivity index (χ1) is 22.7. The number of hydrogen-bond donors (Lipinski definition) is 2. The van der Waals surface area contributed by atoms with Gasteiger partial charge in [-0.05, 0) is 54.7 Å². The van der Waals surface area contributed by atoms with Gasteiger partial charge in [-0.3, -0.25) is 19.4 Å². The first kappa shape index (κ1) is 31.1. The number of benzene rings is 1. The maximum atomic E-state index is 15.0. The summed E-state index contributed by atoms with van der Waals surface area (Å²) < 4.78 is 40.8. The van der Waals surface area contributed by atoms with Crippen molar-refractivity contribution in [2.24, 2.45) is 0 Å². The highest BCUT2D eigenvalue weighted by Crippen LogP contribution is 2.47. The van der Waals surface area contributed by atoms with Crippen LogP contribution in [0.5, 0.6) is 0 Å². The van der Waals surface area contributed by atoms with E-state index in [0.717, 1.165) is 28.5 Å². The van der Waals surface area contributed by atoms with Crippen LogP contribution in [0.4, 0.5) is 14.6 Å². The molecule has 10 nitrogen and oxygen atoms in total. The lowest BCUT2D eigenvalue weighted by Gasteiger charge is -2.43. The minimum Gasteiger partial charge on any atom is -0.377 e. The molecule has 3 aliphatic heterocycles. The fourth-order valence-electron chi connectivity index (χ4n) is 7.45. The third-order valence-corrected chi connectivity index (χ3v) is 9.80. The molecule has 3 amide bonds. The predicted octanol–water partition coefficient (Wildman–Crippen LogP) is 3.70. The van der Waals surface area contributed by atoms with Gasteiger partial charge in [0.05, 0.1) is 32.0 Å². The van der Waals surface area contributed by atoms with Gasteiger partial charge in [0.2, 0.25) is 11.8 Å². The Morgan fingerprint density at radius 1 is 1.00 bits per heavy atom. The van der Waals surface area contributed by atoms with Crippen molar-refractivity contribution in [1.82, 2.24) is 20.2 Å². The maximum absolute atomic E-state index is 15.0. The SMILES string of the molecule is CC1C(c2cccc(F)c2F)CC2NC(=O)c3cnc4c(c3)C[C@]3(CC(=O)Nc5ncc(cc53)/C=C/COCCOCCN1C2=O)C4. The van der Waals surface area contributed by atoms with Crippen LogP contribution < -0.4 is 10.6 Å². The molecule has 12 heteroatoms. The summed E-state index contributed by atoms with van der Waals surface area (Å²) in [7, 11) is 0. The van der Waals surface area contributed by atoms with E-state index in [1.807, 2.05) is 18.2 Å². The fourth-order valence-corrected chi connectivity index (χ4v) is 7.45. The number of nitrogens with one attached hydrogen (secondary N) is 2. The Hall–Kier alpha value is -4.55. The van der Waals surface area contributed by atoms with Crippen LogP contribution in [0.25, 0.3) is 6.08 Å². The highest BCUT2D eigenvalue weighted by Gasteiger charge is 2.46. The van der Waals surface area contributed by atoms with Crippen molar-refractivity contribution < 1.29 is 32.6 Å². The third kappa shape index (κ3) is 5.91. The van der Waals surface area contributed by atoms with Crippen molar-refractivity contribution in [2.45, 2.75) is 56.0 Å². The van der Waals surface area contributed by atoms with Crippen LogP contribution in [-0.2, 0) is 37.3 Å². The van der Waals surface area contributed by atoms with Gasteiger partial charge in [0.15, 0.2) is 11.6 Å². The second-order valence-electron chi connectivity index (χ2n) is 12.7. The van der Waals surface area contributed by atoms with Crippen LogP contribution in [0.2, 0.25) is 0 Å². The van der Waals surface area contributed by atoms with E-state index >= 15 is 4.39 Å². The van der Waals surface area contributed by atoms with E-state index in [9.17, 15) is 18.8 Å². The number of fused-ring (bicyclic) bond motifs is 4. The standard InChI is InChI=1S/C35H35F2N5O5/c1-20-25(24-5-2-6-27(36)31(24)37)14-28-34(45)42(20)7-9-47-11-10-46-8-3-4-21-12-26-32(39-18-21)41-30(43)17-35(26)15-22-13-23(33(44)40-28)19-38-29(22)16-35/h2-6,12-13,18-20,25,28H,7-11,14-17H2,1H3,(H,40,44)(H,39,41,43)/b4-3+/t20?,25?,28?,35-/m1/s1. The van der Waals surface area contributed by atoms with Crippen LogP contribution in [0.3, 0.4) is 0 Å². The number of carbonyl (C=O) groups excluding carboxylic acids is 3. The van der Waals surface area contributed by atoms with E-state index < -0.39 is 41.0 Å². The molecule has 0 radical (unpaired) electrons. The van der Waals surface area contributed by atoms with Crippen molar-refractivity contribution in [3.63, 3.8) is 0 Å². The molecule has 1 aliphatic carbocycles. The van der Waals surface area contributed by atoms with Crippen molar-refractivity contribution in [3.05, 3.63) is 93.9 Å². The molecule has 4 aliphatic rings. The zero-order valence-electron chi connectivity index (χ0n) is 25.9. The molecule has 1 spiro atoms. The van der Waals surface area contributed by atoms with E-state index in [0.29, 0.717) is 38.5 Å². The maximum Gasteiger partial charge on any atom is 0.253 e. The van der Waals surface area contributed by atoms with Crippen LogP contribution in [0.15, 0.2) is 48.8 Å². The van der Waals surface area contributed by atoms with Crippen molar-refractivity contribution in [2.75, 3.05) is 38.3 Å². The molecule has 1 fully saturated rings. The van der Waals surface area contributed by atoms with Crippen LogP contribution in [0.1, 0.15) is 64.0 Å². The van der Waals surface area contributed by atoms with E-state index in [2.05, 4.69) is 20.6 Å². The number of anilines is 1. The Kier molecular flexibility index (Phi) is 8.31. The molecule has 1 aromatic carbocycles. The molecule has 3 unspecified atom stereocenters. The number of halogens is 2. The molecule has 7 rings (SSSR count). The molecule has 2 N–H and O–H groups in total. The number of carbonyl (C=O) groups is 3. The van der Waals surface area contributed by atoms with Gasteiger partial charge in [-0.25, -0.2) is 13.8 Å². The van der Waals surface area contributed by atoms with Gasteiger partial charge in [0.1, 0.15) is 11.9 Å². The minimum atomic E-state index is -0.989. The van der Waals surface area contributed by atoms with Gasteiger partial charge >= 0.3 is 0 Å². The summed E-state index contributed by atoms with van der Waals surface area (Å²) >= 11 is 0. The van der Waals surface area contributed by atoms with Gasteiger partial charge in [0.25, 0.3) is 5.91 Å². The molecule has 7 bridgehead atoms. The lowest BCUT2D eigenvalue weighted by Crippen LogP contribution is -2.58. The summed E-state index contributed by atoms with van der Waals surface area (Å²) in [4.78, 5) is 51.0. The topological polar surface area (TPSA) is 123 Å². The quantitative estimate of drug-likeness (QED) is 0.415. The van der Waals surface area contributed by atoms with Crippen molar-refractivity contribution >= 4 is 29.6 Å². The number of amides is 3. The smallest absolute Gasteiger partial charge is 0.253 e. The Labute approximate surface area is 270 Å². The van der Waals surface area contributed by atoms with Gasteiger partial charge in [-0.2, -0.15) is 0 Å². The number of aromatic nitrogens is 2. The van der Waals surface area contributed by atoms with E-state index in [4.69, 9.17) is 9.47 Å². The molecule has 2 aromatic heterocycles. The van der Waals surface area contributed by atoms with Gasteiger partial charge < -0.3 is 25.0 Å². The Morgan fingerprint density at radius 3 is 2.72 bits per heavy atom. The van der Waals surface area contributed by atoms with Crippen molar-refractivity contribution in [3.8, 4) is 0 Å². The fraction of sp³-hybridized carbons (Fsp3) is 0.400. The van der Waals surface area contributed by atoms with E-state index in [-0.39, 0.29) is 48.9 Å². The van der Waals surface area contributed by atoms with Crippen LogP contribution in [0, 0.1) is 11.6 Å². The summed E-state index contributed by atoms with van der Waals surface area (Å²) in [5.41, 5.74) is 3.28. The predicted molar refractivity (Wildman–Crippen MR) is 168 cm³/mol. The molecular formula is C35H35F2N5O5. The second-order valence-corrected chi connectivity index (χ2v) is 12.7. The van der Waals surface area contributed by atoms with Gasteiger partial charge in [0, 0.05) is 60.4 Å². The number of nitrogens with zero attached hydrogens (tertiary/aromatic N) is 3. The summed E-state index contributed by atoms with van der Waals surface area (Å²) in [6.07, 6.45) is 8.34. The highest BCUT2D eigenvalue weighted by atomic mass is 19.2. The minimum absolute atomic E-state index is 0.0908. The number of piperidine rings is 1. The lowest BCUT2D eigenvalue weighted by molar-refractivity contribution is -0.140. The zero-order valence-corrected chi connectivity index (χ0v) is 25.9. The normalized spacial score (nSPS) is 27.0. The first-order valence-corrected chi connectivity index (χ1v) is 15.9. The first-order valence-electron chi connectivity index (χ1n) is 15.9. The summed E-state index contributed by atoms with van der Waals surface area (Å²) in [6.45, 7) is 3.16. The number of hydrogen-bond acceptors (Lipinski definition) is 7. The lowest BCUT2D eigenvalue weighted by atomic mass is 9.73. The molecule has 4 atom stereocenters. The largest absolute Gasteiger partial charge is 0.377 e. The second kappa shape index (κ2) is 12.6. The number of rotatable bonds is 1. The monoisotopic (exact) mass is 643 g/mol.